The predicted octanol–water partition coefficient (Wildman–Crippen LogP) is 4.75. The molecule has 0 aliphatic rings. The molecule has 0 aliphatic carbocycles. The summed E-state index contributed by atoms with van der Waals surface area (Å²) in [5.41, 5.74) is 1.92. The second-order valence-electron chi connectivity index (χ2n) is 4.40. The Hall–Kier alpha value is -2.30. The number of nitrogens with zero attached hydrogens (tertiary/aromatic N) is 1. The van der Waals surface area contributed by atoms with Crippen LogP contribution < -0.4 is 4.74 Å². The molecule has 0 unspecified atom stereocenters. The van der Waals surface area contributed by atoms with E-state index in [1.807, 2.05) is 0 Å². The number of oxazole rings is 1. The lowest BCUT2D eigenvalue weighted by Gasteiger charge is -2.01. The second-order valence-corrected chi connectivity index (χ2v) is 5.25. The number of fused-ring (bicyclic) bond motifs is 1. The summed E-state index contributed by atoms with van der Waals surface area (Å²) in [7, 11) is 0. The number of aromatic nitrogens is 1. The molecule has 0 aliphatic heterocycles. The largest absolute Gasteiger partial charge is 0.443 e. The average molecular weight is 334 g/mol. The molecule has 0 bridgehead atoms. The highest BCUT2D eigenvalue weighted by Gasteiger charge is 2.05. The third kappa shape index (κ3) is 3.30. The van der Waals surface area contributed by atoms with Gasteiger partial charge in [0.2, 0.25) is 0 Å². The zero-order valence-electron chi connectivity index (χ0n) is 11.1. The first-order valence-electron chi connectivity index (χ1n) is 6.30. The fourth-order valence-corrected chi connectivity index (χ4v) is 2.32. The van der Waals surface area contributed by atoms with Gasteiger partial charge in [-0.25, -0.2) is 9.78 Å². The highest BCUT2D eigenvalue weighted by molar-refractivity contribution is 6.35. The van der Waals surface area contributed by atoms with Crippen LogP contribution in [0.3, 0.4) is 0 Å². The topological polar surface area (TPSA) is 52.3 Å². The molecule has 110 valence electrons. The SMILES string of the molecule is O=C(/C=C/c1ccc(Cl)cc1Cl)Oc1ccc2ocnc2c1. The smallest absolute Gasteiger partial charge is 0.336 e. The zero-order valence-corrected chi connectivity index (χ0v) is 12.6. The first-order valence-corrected chi connectivity index (χ1v) is 7.05. The van der Waals surface area contributed by atoms with E-state index in [2.05, 4.69) is 4.98 Å². The number of carbonyl (C=O) groups is 1. The summed E-state index contributed by atoms with van der Waals surface area (Å²) in [4.78, 5) is 15.8. The molecule has 2 aromatic carbocycles. The molecule has 3 rings (SSSR count). The lowest BCUT2D eigenvalue weighted by molar-refractivity contribution is -0.128. The van der Waals surface area contributed by atoms with Gasteiger partial charge in [0.1, 0.15) is 11.3 Å². The molecule has 4 nitrogen and oxygen atoms in total. The number of ether oxygens (including phenoxy) is 1. The number of hydrogen-bond donors (Lipinski definition) is 0. The van der Waals surface area contributed by atoms with E-state index in [-0.39, 0.29) is 0 Å². The van der Waals surface area contributed by atoms with Gasteiger partial charge in [-0.3, -0.25) is 0 Å². The molecule has 0 amide bonds. The maximum Gasteiger partial charge on any atom is 0.336 e. The molecule has 0 radical (unpaired) electrons. The molecule has 6 heteroatoms. The van der Waals surface area contributed by atoms with Crippen molar-refractivity contribution >= 4 is 46.3 Å². The van der Waals surface area contributed by atoms with Crippen LogP contribution >= 0.6 is 23.2 Å². The number of esters is 1. The van der Waals surface area contributed by atoms with Crippen LogP contribution in [0.4, 0.5) is 0 Å². The van der Waals surface area contributed by atoms with Crippen molar-refractivity contribution in [2.24, 2.45) is 0 Å². The van der Waals surface area contributed by atoms with Crippen LogP contribution in [-0.2, 0) is 4.79 Å². The van der Waals surface area contributed by atoms with E-state index in [1.54, 1.807) is 42.5 Å². The minimum absolute atomic E-state index is 0.387. The van der Waals surface area contributed by atoms with Crippen LogP contribution in [-0.4, -0.2) is 11.0 Å². The van der Waals surface area contributed by atoms with Crippen LogP contribution in [0.1, 0.15) is 5.56 Å². The quantitative estimate of drug-likeness (QED) is 0.394. The van der Waals surface area contributed by atoms with E-state index in [0.717, 1.165) is 0 Å². The highest BCUT2D eigenvalue weighted by Crippen LogP contribution is 2.22. The van der Waals surface area contributed by atoms with Crippen LogP contribution in [0, 0.1) is 0 Å². The number of rotatable bonds is 3. The van der Waals surface area contributed by atoms with Gasteiger partial charge < -0.3 is 9.15 Å². The highest BCUT2D eigenvalue weighted by atomic mass is 35.5. The lowest BCUT2D eigenvalue weighted by atomic mass is 10.2. The van der Waals surface area contributed by atoms with Gasteiger partial charge in [0.25, 0.3) is 0 Å². The predicted molar refractivity (Wildman–Crippen MR) is 85.1 cm³/mol. The van der Waals surface area contributed by atoms with Crippen LogP contribution in [0.25, 0.3) is 17.2 Å². The van der Waals surface area contributed by atoms with E-state index < -0.39 is 5.97 Å². The molecular weight excluding hydrogens is 325 g/mol. The molecule has 22 heavy (non-hydrogen) atoms. The van der Waals surface area contributed by atoms with E-state index in [0.29, 0.717) is 32.5 Å². The molecular formula is C16H9Cl2NO3. The Morgan fingerprint density at radius 1 is 1.18 bits per heavy atom. The summed E-state index contributed by atoms with van der Waals surface area (Å²) >= 11 is 11.8. The normalized spacial score (nSPS) is 11.2. The molecule has 0 saturated carbocycles. The number of benzene rings is 2. The minimum Gasteiger partial charge on any atom is -0.443 e. The second kappa shape index (κ2) is 6.22. The van der Waals surface area contributed by atoms with Gasteiger partial charge in [-0.15, -0.1) is 0 Å². The van der Waals surface area contributed by atoms with Gasteiger partial charge in [0, 0.05) is 22.2 Å². The maximum absolute atomic E-state index is 11.8. The third-order valence-electron chi connectivity index (χ3n) is 2.88. The van der Waals surface area contributed by atoms with Crippen molar-refractivity contribution in [1.82, 2.24) is 4.98 Å². The molecule has 1 aromatic heterocycles. The summed E-state index contributed by atoms with van der Waals surface area (Å²) in [6, 6.07) is 9.96. The molecule has 0 saturated heterocycles. The molecule has 1 heterocycles. The first kappa shape index (κ1) is 14.6. The van der Waals surface area contributed by atoms with Crippen molar-refractivity contribution in [2.75, 3.05) is 0 Å². The summed E-state index contributed by atoms with van der Waals surface area (Å²) in [6.45, 7) is 0. The van der Waals surface area contributed by atoms with Gasteiger partial charge in [-0.05, 0) is 35.9 Å². The molecule has 0 fully saturated rings. The van der Waals surface area contributed by atoms with E-state index in [9.17, 15) is 4.79 Å². The maximum atomic E-state index is 11.8. The Bertz CT molecular complexity index is 871. The van der Waals surface area contributed by atoms with Crippen molar-refractivity contribution in [3.8, 4) is 5.75 Å². The Balaban J connectivity index is 1.72. The van der Waals surface area contributed by atoms with Crippen LogP contribution in [0.5, 0.6) is 5.75 Å². The van der Waals surface area contributed by atoms with Crippen molar-refractivity contribution < 1.29 is 13.9 Å². The Labute approximate surface area is 135 Å². The summed E-state index contributed by atoms with van der Waals surface area (Å²) in [5, 5.41) is 0.992. The van der Waals surface area contributed by atoms with E-state index >= 15 is 0 Å². The molecule has 0 N–H and O–H groups in total. The van der Waals surface area contributed by atoms with Gasteiger partial charge in [0.15, 0.2) is 12.0 Å². The van der Waals surface area contributed by atoms with Crippen molar-refractivity contribution in [3.05, 3.63) is 64.5 Å². The van der Waals surface area contributed by atoms with Crippen molar-refractivity contribution in [3.63, 3.8) is 0 Å². The Morgan fingerprint density at radius 3 is 2.86 bits per heavy atom. The number of carbonyl (C=O) groups excluding carboxylic acids is 1. The summed E-state index contributed by atoms with van der Waals surface area (Å²) in [6.07, 6.45) is 4.19. The van der Waals surface area contributed by atoms with Gasteiger partial charge in [0.05, 0.1) is 0 Å². The monoisotopic (exact) mass is 333 g/mol. The zero-order chi connectivity index (χ0) is 15.5. The van der Waals surface area contributed by atoms with Crippen molar-refractivity contribution in [2.45, 2.75) is 0 Å². The minimum atomic E-state index is -0.520. The van der Waals surface area contributed by atoms with Gasteiger partial charge >= 0.3 is 5.97 Å². The van der Waals surface area contributed by atoms with Crippen LogP contribution in [0.15, 0.2) is 53.3 Å². The van der Waals surface area contributed by atoms with Crippen molar-refractivity contribution in [1.29, 1.82) is 0 Å². The number of halogens is 2. The molecule has 0 spiro atoms. The molecule has 3 aromatic rings. The third-order valence-corrected chi connectivity index (χ3v) is 3.44. The van der Waals surface area contributed by atoms with Crippen LogP contribution in [0.2, 0.25) is 10.0 Å². The lowest BCUT2D eigenvalue weighted by Crippen LogP contribution is -2.03. The summed E-state index contributed by atoms with van der Waals surface area (Å²) < 4.78 is 10.3. The van der Waals surface area contributed by atoms with E-state index in [4.69, 9.17) is 32.4 Å². The average Bonchev–Trinajstić information content (AvgIpc) is 2.94. The standard InChI is InChI=1S/C16H9Cl2NO3/c17-11-3-1-10(13(18)7-11)2-6-16(20)22-12-4-5-15-14(8-12)19-9-21-15/h1-9H/b6-2+. The van der Waals surface area contributed by atoms with Gasteiger partial charge in [-0.2, -0.15) is 0 Å². The van der Waals surface area contributed by atoms with Gasteiger partial charge in [-0.1, -0.05) is 29.3 Å². The fraction of sp³-hybridized carbons (Fsp3) is 0. The first-order chi connectivity index (χ1) is 10.6. The fourth-order valence-electron chi connectivity index (χ4n) is 1.85. The summed E-state index contributed by atoms with van der Waals surface area (Å²) in [5.74, 6) is -0.132. The number of hydrogen-bond acceptors (Lipinski definition) is 4. The Morgan fingerprint density at radius 2 is 2.05 bits per heavy atom. The van der Waals surface area contributed by atoms with E-state index in [1.165, 1.54) is 12.5 Å². The molecule has 0 atom stereocenters. The Kier molecular flexibility index (Phi) is 4.13.